The highest BCUT2D eigenvalue weighted by atomic mass is 16.4. The lowest BCUT2D eigenvalue weighted by Gasteiger charge is -2.37. The van der Waals surface area contributed by atoms with E-state index in [4.69, 9.17) is 0 Å². The van der Waals surface area contributed by atoms with Crippen LogP contribution in [0.4, 0.5) is 5.69 Å². The number of amides is 1. The van der Waals surface area contributed by atoms with Crippen molar-refractivity contribution in [3.8, 4) is 0 Å². The number of nitrogens with one attached hydrogen (secondary N) is 1. The molecule has 1 heterocycles. The van der Waals surface area contributed by atoms with Gasteiger partial charge in [-0.15, -0.1) is 0 Å². The number of nitrogens with zero attached hydrogens (tertiary/aromatic N) is 1. The summed E-state index contributed by atoms with van der Waals surface area (Å²) in [6, 6.07) is 9.43. The first-order valence-electron chi connectivity index (χ1n) is 6.26. The van der Waals surface area contributed by atoms with Crippen LogP contribution in [0.15, 0.2) is 30.3 Å². The first-order valence-corrected chi connectivity index (χ1v) is 6.26. The average Bonchev–Trinajstić information content (AvgIpc) is 2.49. The lowest BCUT2D eigenvalue weighted by Crippen LogP contribution is -2.53. The normalized spacial score (nSPS) is 22.5. The van der Waals surface area contributed by atoms with Gasteiger partial charge >= 0.3 is 5.97 Å². The molecule has 0 spiro atoms. The minimum atomic E-state index is -0.890. The van der Waals surface area contributed by atoms with Crippen LogP contribution >= 0.6 is 0 Å². The number of carbonyl (C=O) groups excluding carboxylic acids is 1. The number of hydrogen-bond acceptors (Lipinski definition) is 3. The first-order chi connectivity index (χ1) is 8.93. The van der Waals surface area contributed by atoms with Crippen molar-refractivity contribution in [2.45, 2.75) is 19.4 Å². The first kappa shape index (κ1) is 13.4. The number of carbonyl (C=O) groups is 2. The molecule has 1 aromatic carbocycles. The van der Waals surface area contributed by atoms with Gasteiger partial charge in [-0.1, -0.05) is 18.2 Å². The summed E-state index contributed by atoms with van der Waals surface area (Å²) < 4.78 is 0. The number of carboxylic acids is 1. The third-order valence-corrected chi connectivity index (χ3v) is 3.56. The van der Waals surface area contributed by atoms with E-state index in [0.29, 0.717) is 6.54 Å². The molecule has 19 heavy (non-hydrogen) atoms. The molecule has 1 aliphatic rings. The van der Waals surface area contributed by atoms with Crippen molar-refractivity contribution in [2.24, 2.45) is 5.92 Å². The van der Waals surface area contributed by atoms with Gasteiger partial charge in [-0.25, -0.2) is 0 Å². The molecule has 102 valence electrons. The predicted octanol–water partition coefficient (Wildman–Crippen LogP) is 1.10. The summed E-state index contributed by atoms with van der Waals surface area (Å²) in [5.74, 6) is -1.65. The number of anilines is 1. The van der Waals surface area contributed by atoms with Crippen molar-refractivity contribution in [3.63, 3.8) is 0 Å². The number of aliphatic carboxylic acids is 1. The van der Waals surface area contributed by atoms with Crippen molar-refractivity contribution in [2.75, 3.05) is 18.0 Å². The molecule has 5 heteroatoms. The highest BCUT2D eigenvalue weighted by Gasteiger charge is 2.40. The summed E-state index contributed by atoms with van der Waals surface area (Å²) in [5, 5.41) is 11.9. The Balaban J connectivity index is 2.40. The van der Waals surface area contributed by atoms with Crippen LogP contribution in [-0.2, 0) is 9.59 Å². The van der Waals surface area contributed by atoms with Crippen molar-refractivity contribution in [1.29, 1.82) is 0 Å². The lowest BCUT2D eigenvalue weighted by molar-refractivity contribution is -0.141. The second-order valence-corrected chi connectivity index (χ2v) is 5.25. The van der Waals surface area contributed by atoms with Crippen molar-refractivity contribution in [1.82, 2.24) is 5.32 Å². The quantitative estimate of drug-likeness (QED) is 0.837. The van der Waals surface area contributed by atoms with Gasteiger partial charge in [0.25, 0.3) is 0 Å². The zero-order valence-corrected chi connectivity index (χ0v) is 11.1. The SMILES string of the molecule is CC1(C)C(=O)NCC(C(=O)O)CN1c1ccccc1. The number of rotatable bonds is 2. The molecule has 1 fully saturated rings. The fourth-order valence-corrected chi connectivity index (χ4v) is 2.27. The molecule has 1 saturated heterocycles. The molecule has 1 amide bonds. The summed E-state index contributed by atoms with van der Waals surface area (Å²) in [7, 11) is 0. The lowest BCUT2D eigenvalue weighted by atomic mass is 10.00. The minimum Gasteiger partial charge on any atom is -0.481 e. The molecule has 0 aromatic heterocycles. The molecule has 1 unspecified atom stereocenters. The molecule has 0 radical (unpaired) electrons. The van der Waals surface area contributed by atoms with Crippen LogP contribution in [0.2, 0.25) is 0 Å². The third kappa shape index (κ3) is 2.54. The van der Waals surface area contributed by atoms with Gasteiger partial charge in [0.2, 0.25) is 5.91 Å². The fourth-order valence-electron chi connectivity index (χ4n) is 2.27. The van der Waals surface area contributed by atoms with Gasteiger partial charge in [0, 0.05) is 18.8 Å². The van der Waals surface area contributed by atoms with Crippen LogP contribution in [-0.4, -0.2) is 35.6 Å². The second-order valence-electron chi connectivity index (χ2n) is 5.25. The number of carboxylic acid groups (broad SMARTS) is 1. The van der Waals surface area contributed by atoms with Gasteiger partial charge < -0.3 is 15.3 Å². The second kappa shape index (κ2) is 4.91. The maximum absolute atomic E-state index is 12.1. The molecule has 2 rings (SSSR count). The van der Waals surface area contributed by atoms with Crippen LogP contribution < -0.4 is 10.2 Å². The molecule has 1 atom stereocenters. The molecular weight excluding hydrogens is 244 g/mol. The standard InChI is InChI=1S/C14H18N2O3/c1-14(2)13(19)15-8-10(12(17)18)9-16(14)11-6-4-3-5-7-11/h3-7,10H,8-9H2,1-2H3,(H,15,19)(H,17,18). The maximum atomic E-state index is 12.1. The molecule has 1 aromatic rings. The Morgan fingerprint density at radius 3 is 2.58 bits per heavy atom. The van der Waals surface area contributed by atoms with Gasteiger partial charge in [-0.05, 0) is 26.0 Å². The van der Waals surface area contributed by atoms with Crippen molar-refractivity contribution >= 4 is 17.6 Å². The molecule has 0 aliphatic carbocycles. The Morgan fingerprint density at radius 1 is 1.37 bits per heavy atom. The van der Waals surface area contributed by atoms with Crippen LogP contribution in [0.25, 0.3) is 0 Å². The largest absolute Gasteiger partial charge is 0.481 e. The van der Waals surface area contributed by atoms with E-state index in [0.717, 1.165) is 5.69 Å². The summed E-state index contributed by atoms with van der Waals surface area (Å²) >= 11 is 0. The van der Waals surface area contributed by atoms with E-state index in [2.05, 4.69) is 5.32 Å². The number of para-hydroxylation sites is 1. The zero-order chi connectivity index (χ0) is 14.0. The monoisotopic (exact) mass is 262 g/mol. The summed E-state index contributed by atoms with van der Waals surface area (Å²) in [6.07, 6.45) is 0. The fraction of sp³-hybridized carbons (Fsp3) is 0.429. The van der Waals surface area contributed by atoms with Gasteiger partial charge in [0.15, 0.2) is 0 Å². The van der Waals surface area contributed by atoms with Gasteiger partial charge in [-0.2, -0.15) is 0 Å². The van der Waals surface area contributed by atoms with Gasteiger partial charge in [0.1, 0.15) is 5.54 Å². The Morgan fingerprint density at radius 2 is 2.00 bits per heavy atom. The molecule has 2 N–H and O–H groups in total. The summed E-state index contributed by atoms with van der Waals surface area (Å²) in [4.78, 5) is 25.2. The van der Waals surface area contributed by atoms with E-state index in [9.17, 15) is 14.7 Å². The Bertz CT molecular complexity index is 485. The molecule has 5 nitrogen and oxygen atoms in total. The average molecular weight is 262 g/mol. The summed E-state index contributed by atoms with van der Waals surface area (Å²) in [6.45, 7) is 4.09. The van der Waals surface area contributed by atoms with Crippen LogP contribution in [0, 0.1) is 5.92 Å². The van der Waals surface area contributed by atoms with Gasteiger partial charge in [-0.3, -0.25) is 9.59 Å². The van der Waals surface area contributed by atoms with Gasteiger partial charge in [0.05, 0.1) is 5.92 Å². The maximum Gasteiger partial charge on any atom is 0.310 e. The Hall–Kier alpha value is -2.04. The highest BCUT2D eigenvalue weighted by Crippen LogP contribution is 2.27. The molecular formula is C14H18N2O3. The van der Waals surface area contributed by atoms with E-state index >= 15 is 0 Å². The van der Waals surface area contributed by atoms with E-state index in [1.54, 1.807) is 13.8 Å². The molecule has 1 aliphatic heterocycles. The Kier molecular flexibility index (Phi) is 3.46. The zero-order valence-electron chi connectivity index (χ0n) is 11.1. The molecule has 0 bridgehead atoms. The van der Waals surface area contributed by atoms with Crippen LogP contribution in [0.5, 0.6) is 0 Å². The smallest absolute Gasteiger partial charge is 0.310 e. The topological polar surface area (TPSA) is 69.6 Å². The minimum absolute atomic E-state index is 0.153. The van der Waals surface area contributed by atoms with E-state index in [1.807, 2.05) is 35.2 Å². The molecule has 0 saturated carbocycles. The number of hydrogen-bond donors (Lipinski definition) is 2. The van der Waals surface area contributed by atoms with Crippen molar-refractivity contribution in [3.05, 3.63) is 30.3 Å². The van der Waals surface area contributed by atoms with E-state index in [-0.39, 0.29) is 12.5 Å². The van der Waals surface area contributed by atoms with Crippen molar-refractivity contribution < 1.29 is 14.7 Å². The van der Waals surface area contributed by atoms with Crippen LogP contribution in [0.1, 0.15) is 13.8 Å². The third-order valence-electron chi connectivity index (χ3n) is 3.56. The Labute approximate surface area is 112 Å². The predicted molar refractivity (Wildman–Crippen MR) is 72.0 cm³/mol. The van der Waals surface area contributed by atoms with E-state index in [1.165, 1.54) is 0 Å². The highest BCUT2D eigenvalue weighted by molar-refractivity contribution is 5.90. The number of benzene rings is 1. The summed E-state index contributed by atoms with van der Waals surface area (Å²) in [5.41, 5.74) is 0.0850. The van der Waals surface area contributed by atoms with Crippen LogP contribution in [0.3, 0.4) is 0 Å². The van der Waals surface area contributed by atoms with E-state index < -0.39 is 17.4 Å².